The van der Waals surface area contributed by atoms with E-state index in [-0.39, 0.29) is 5.82 Å². The van der Waals surface area contributed by atoms with Gasteiger partial charge in [0.1, 0.15) is 5.82 Å². The zero-order valence-electron chi connectivity index (χ0n) is 8.89. The number of benzene rings is 1. The van der Waals surface area contributed by atoms with Gasteiger partial charge in [0, 0.05) is 12.2 Å². The van der Waals surface area contributed by atoms with Crippen molar-refractivity contribution in [3.8, 4) is 0 Å². The summed E-state index contributed by atoms with van der Waals surface area (Å²) in [5.41, 5.74) is 0.995. The Morgan fingerprint density at radius 2 is 1.93 bits per heavy atom. The lowest BCUT2D eigenvalue weighted by Crippen LogP contribution is -2.10. The topological polar surface area (TPSA) is 12.0 Å². The maximum absolute atomic E-state index is 12.6. The maximum atomic E-state index is 12.6. The van der Waals surface area contributed by atoms with Crippen molar-refractivity contribution >= 4 is 5.69 Å². The normalized spacial score (nSPS) is 12.5. The van der Waals surface area contributed by atoms with Gasteiger partial charge in [-0.05, 0) is 36.6 Å². The highest BCUT2D eigenvalue weighted by Gasteiger charge is 1.99. The van der Waals surface area contributed by atoms with Gasteiger partial charge in [0.15, 0.2) is 0 Å². The maximum Gasteiger partial charge on any atom is 0.123 e. The number of rotatable bonds is 5. The molecule has 0 fully saturated rings. The molecule has 1 N–H and O–H groups in total. The van der Waals surface area contributed by atoms with Gasteiger partial charge in [-0.15, -0.1) is 0 Å². The van der Waals surface area contributed by atoms with Gasteiger partial charge in [0.25, 0.3) is 0 Å². The average Bonchev–Trinajstić information content (AvgIpc) is 2.17. The molecule has 0 bridgehead atoms. The highest BCUT2D eigenvalue weighted by molar-refractivity contribution is 5.42. The first kappa shape index (κ1) is 11.0. The molecule has 0 aliphatic rings. The van der Waals surface area contributed by atoms with E-state index in [2.05, 4.69) is 19.2 Å². The molecule has 2 heteroatoms. The molecule has 78 valence electrons. The third-order valence-electron chi connectivity index (χ3n) is 2.28. The van der Waals surface area contributed by atoms with Crippen LogP contribution in [0.2, 0.25) is 0 Å². The first-order valence-electron chi connectivity index (χ1n) is 5.21. The molecule has 0 radical (unpaired) electrons. The minimum Gasteiger partial charge on any atom is -0.385 e. The van der Waals surface area contributed by atoms with E-state index in [1.807, 2.05) is 0 Å². The average molecular weight is 195 g/mol. The van der Waals surface area contributed by atoms with Crippen LogP contribution in [0.25, 0.3) is 0 Å². The third kappa shape index (κ3) is 3.77. The molecule has 0 aliphatic carbocycles. The lowest BCUT2D eigenvalue weighted by molar-refractivity contribution is 0.550. The Hall–Kier alpha value is -1.05. The Morgan fingerprint density at radius 3 is 2.50 bits per heavy atom. The van der Waals surface area contributed by atoms with Crippen LogP contribution in [0.1, 0.15) is 26.7 Å². The molecular weight excluding hydrogens is 177 g/mol. The van der Waals surface area contributed by atoms with E-state index in [9.17, 15) is 4.39 Å². The highest BCUT2D eigenvalue weighted by Crippen LogP contribution is 2.10. The summed E-state index contributed by atoms with van der Waals surface area (Å²) in [5.74, 6) is 0.488. The molecular formula is C12H18FN. The quantitative estimate of drug-likeness (QED) is 0.755. The number of nitrogens with one attached hydrogen (secondary N) is 1. The van der Waals surface area contributed by atoms with E-state index in [1.54, 1.807) is 12.1 Å². The second-order valence-electron chi connectivity index (χ2n) is 3.78. The van der Waals surface area contributed by atoms with Crippen LogP contribution in [0, 0.1) is 11.7 Å². The van der Waals surface area contributed by atoms with Crippen molar-refractivity contribution in [1.82, 2.24) is 0 Å². The number of hydrogen-bond donors (Lipinski definition) is 1. The molecule has 1 aromatic rings. The molecule has 0 aliphatic heterocycles. The second-order valence-corrected chi connectivity index (χ2v) is 3.78. The predicted octanol–water partition coefficient (Wildman–Crippen LogP) is 3.67. The van der Waals surface area contributed by atoms with Crippen molar-refractivity contribution in [2.45, 2.75) is 26.7 Å². The van der Waals surface area contributed by atoms with Gasteiger partial charge in [0.05, 0.1) is 0 Å². The van der Waals surface area contributed by atoms with Crippen molar-refractivity contribution in [3.05, 3.63) is 30.1 Å². The molecule has 1 unspecified atom stereocenters. The van der Waals surface area contributed by atoms with Gasteiger partial charge in [-0.2, -0.15) is 0 Å². The van der Waals surface area contributed by atoms with Gasteiger partial charge in [-0.1, -0.05) is 20.3 Å². The summed E-state index contributed by atoms with van der Waals surface area (Å²) in [7, 11) is 0. The highest BCUT2D eigenvalue weighted by atomic mass is 19.1. The number of hydrogen-bond acceptors (Lipinski definition) is 1. The van der Waals surface area contributed by atoms with Gasteiger partial charge in [-0.25, -0.2) is 4.39 Å². The Balaban J connectivity index is 2.34. The van der Waals surface area contributed by atoms with Crippen molar-refractivity contribution in [3.63, 3.8) is 0 Å². The van der Waals surface area contributed by atoms with Gasteiger partial charge >= 0.3 is 0 Å². The molecule has 0 amide bonds. The van der Waals surface area contributed by atoms with E-state index in [0.717, 1.165) is 12.2 Å². The smallest absolute Gasteiger partial charge is 0.123 e. The molecule has 14 heavy (non-hydrogen) atoms. The van der Waals surface area contributed by atoms with Gasteiger partial charge < -0.3 is 5.32 Å². The number of halogens is 1. The van der Waals surface area contributed by atoms with E-state index in [0.29, 0.717) is 5.92 Å². The van der Waals surface area contributed by atoms with Crippen LogP contribution in [-0.2, 0) is 0 Å². The minimum absolute atomic E-state index is 0.183. The third-order valence-corrected chi connectivity index (χ3v) is 2.28. The van der Waals surface area contributed by atoms with Gasteiger partial charge in [0.2, 0.25) is 0 Å². The van der Waals surface area contributed by atoms with Crippen molar-refractivity contribution in [2.24, 2.45) is 5.92 Å². The summed E-state index contributed by atoms with van der Waals surface area (Å²) >= 11 is 0. The van der Waals surface area contributed by atoms with Crippen LogP contribution >= 0.6 is 0 Å². The summed E-state index contributed by atoms with van der Waals surface area (Å²) in [5, 5.41) is 3.29. The molecule has 1 atom stereocenters. The molecule has 1 nitrogen and oxygen atoms in total. The van der Waals surface area contributed by atoms with Crippen molar-refractivity contribution in [2.75, 3.05) is 11.9 Å². The summed E-state index contributed by atoms with van der Waals surface area (Å²) in [6, 6.07) is 6.50. The fraction of sp³-hybridized carbons (Fsp3) is 0.500. The van der Waals surface area contributed by atoms with E-state index >= 15 is 0 Å². The predicted molar refractivity (Wildman–Crippen MR) is 59.0 cm³/mol. The van der Waals surface area contributed by atoms with E-state index in [1.165, 1.54) is 25.0 Å². The molecule has 0 saturated heterocycles. The van der Waals surface area contributed by atoms with E-state index < -0.39 is 0 Å². The number of anilines is 1. The summed E-state index contributed by atoms with van der Waals surface area (Å²) in [6.07, 6.45) is 2.44. The van der Waals surface area contributed by atoms with Crippen LogP contribution in [0.3, 0.4) is 0 Å². The standard InChI is InChI=1S/C12H18FN/c1-3-4-10(2)9-14-12-7-5-11(13)6-8-12/h5-8,10,14H,3-4,9H2,1-2H3. The Morgan fingerprint density at radius 1 is 1.29 bits per heavy atom. The van der Waals surface area contributed by atoms with Gasteiger partial charge in [-0.3, -0.25) is 0 Å². The van der Waals surface area contributed by atoms with Crippen LogP contribution in [0.5, 0.6) is 0 Å². The lowest BCUT2D eigenvalue weighted by Gasteiger charge is -2.12. The molecule has 0 aromatic heterocycles. The Kier molecular flexibility index (Phi) is 4.44. The monoisotopic (exact) mass is 195 g/mol. The fourth-order valence-electron chi connectivity index (χ4n) is 1.45. The summed E-state index contributed by atoms with van der Waals surface area (Å²) in [4.78, 5) is 0. The summed E-state index contributed by atoms with van der Waals surface area (Å²) < 4.78 is 12.6. The van der Waals surface area contributed by atoms with Crippen LogP contribution < -0.4 is 5.32 Å². The van der Waals surface area contributed by atoms with Crippen molar-refractivity contribution in [1.29, 1.82) is 0 Å². The zero-order chi connectivity index (χ0) is 10.4. The molecule has 0 heterocycles. The molecule has 1 rings (SSSR count). The lowest BCUT2D eigenvalue weighted by atomic mass is 10.1. The molecule has 0 spiro atoms. The van der Waals surface area contributed by atoms with E-state index in [4.69, 9.17) is 0 Å². The van der Waals surface area contributed by atoms with Crippen LogP contribution in [0.15, 0.2) is 24.3 Å². The molecule has 1 aromatic carbocycles. The first-order chi connectivity index (χ1) is 6.72. The van der Waals surface area contributed by atoms with Crippen molar-refractivity contribution < 1.29 is 4.39 Å². The van der Waals surface area contributed by atoms with Crippen LogP contribution in [0.4, 0.5) is 10.1 Å². The summed E-state index contributed by atoms with van der Waals surface area (Å²) in [6.45, 7) is 5.37. The fourth-order valence-corrected chi connectivity index (χ4v) is 1.45. The Labute approximate surface area is 85.3 Å². The second kappa shape index (κ2) is 5.63. The largest absolute Gasteiger partial charge is 0.385 e. The Bertz CT molecular complexity index is 256. The zero-order valence-corrected chi connectivity index (χ0v) is 8.89. The minimum atomic E-state index is -0.183. The first-order valence-corrected chi connectivity index (χ1v) is 5.21. The SMILES string of the molecule is CCCC(C)CNc1ccc(F)cc1. The molecule has 0 saturated carbocycles. The van der Waals surface area contributed by atoms with Crippen LogP contribution in [-0.4, -0.2) is 6.54 Å².